The van der Waals surface area contributed by atoms with Gasteiger partial charge in [-0.2, -0.15) is 0 Å². The molecule has 0 saturated carbocycles. The van der Waals surface area contributed by atoms with Crippen molar-refractivity contribution in [2.24, 2.45) is 5.92 Å². The molecule has 20 heavy (non-hydrogen) atoms. The summed E-state index contributed by atoms with van der Waals surface area (Å²) < 4.78 is 0. The summed E-state index contributed by atoms with van der Waals surface area (Å²) in [5.74, 6) is 0.360. The van der Waals surface area contributed by atoms with E-state index in [1.54, 1.807) is 11.3 Å². The maximum Gasteiger partial charge on any atom is 0.176 e. The van der Waals surface area contributed by atoms with Gasteiger partial charge in [-0.15, -0.1) is 23.7 Å². The van der Waals surface area contributed by atoms with Crippen molar-refractivity contribution < 1.29 is 4.79 Å². The van der Waals surface area contributed by atoms with E-state index in [4.69, 9.17) is 0 Å². The van der Waals surface area contributed by atoms with Crippen LogP contribution in [0.4, 0.5) is 0 Å². The van der Waals surface area contributed by atoms with Crippen LogP contribution in [0.15, 0.2) is 12.1 Å². The second-order valence-corrected chi connectivity index (χ2v) is 7.25. The van der Waals surface area contributed by atoms with Crippen molar-refractivity contribution in [1.82, 2.24) is 4.90 Å². The number of hydrogen-bond acceptors (Lipinski definition) is 3. The van der Waals surface area contributed by atoms with Crippen LogP contribution in [0.25, 0.3) is 0 Å². The first-order valence-electron chi connectivity index (χ1n) is 7.16. The first-order valence-corrected chi connectivity index (χ1v) is 7.98. The minimum absolute atomic E-state index is 0. The maximum absolute atomic E-state index is 12.4. The molecule has 0 bridgehead atoms. The van der Waals surface area contributed by atoms with E-state index < -0.39 is 0 Å². The minimum Gasteiger partial charge on any atom is -0.303 e. The van der Waals surface area contributed by atoms with E-state index in [2.05, 4.69) is 45.6 Å². The normalized spacial score (nSPS) is 13.2. The van der Waals surface area contributed by atoms with Crippen molar-refractivity contribution in [1.29, 1.82) is 0 Å². The zero-order valence-electron chi connectivity index (χ0n) is 13.5. The Morgan fingerprint density at radius 3 is 2.20 bits per heavy atom. The van der Waals surface area contributed by atoms with Crippen LogP contribution in [0.2, 0.25) is 0 Å². The molecular formula is C16H28ClNOS. The van der Waals surface area contributed by atoms with Gasteiger partial charge in [0.1, 0.15) is 0 Å². The quantitative estimate of drug-likeness (QED) is 0.713. The van der Waals surface area contributed by atoms with E-state index in [0.29, 0.717) is 0 Å². The standard InChI is InChI=1S/C16H27NOS.ClH/c1-7-17(8-2)11-12(3)15(18)13-9-10-14(19-13)16(4,5)6;/h9-10,12H,7-8,11H2,1-6H3;1H. The van der Waals surface area contributed by atoms with Gasteiger partial charge in [-0.1, -0.05) is 41.5 Å². The minimum atomic E-state index is 0. The van der Waals surface area contributed by atoms with Crippen molar-refractivity contribution in [3.63, 3.8) is 0 Å². The molecule has 0 N–H and O–H groups in total. The van der Waals surface area contributed by atoms with Crippen LogP contribution < -0.4 is 0 Å². The smallest absolute Gasteiger partial charge is 0.176 e. The molecule has 0 spiro atoms. The summed E-state index contributed by atoms with van der Waals surface area (Å²) in [6.07, 6.45) is 0. The van der Waals surface area contributed by atoms with Crippen molar-refractivity contribution in [2.45, 2.75) is 47.0 Å². The van der Waals surface area contributed by atoms with Gasteiger partial charge in [0.2, 0.25) is 0 Å². The number of nitrogens with zero attached hydrogens (tertiary/aromatic N) is 1. The van der Waals surface area contributed by atoms with Gasteiger partial charge >= 0.3 is 0 Å². The molecule has 116 valence electrons. The van der Waals surface area contributed by atoms with E-state index >= 15 is 0 Å². The lowest BCUT2D eigenvalue weighted by Gasteiger charge is -2.21. The van der Waals surface area contributed by atoms with Crippen LogP contribution in [-0.4, -0.2) is 30.3 Å². The molecule has 0 aromatic carbocycles. The lowest BCUT2D eigenvalue weighted by Crippen LogP contribution is -2.31. The lowest BCUT2D eigenvalue weighted by molar-refractivity contribution is 0.0902. The van der Waals surface area contributed by atoms with Crippen LogP contribution in [-0.2, 0) is 5.41 Å². The topological polar surface area (TPSA) is 20.3 Å². The first-order chi connectivity index (χ1) is 8.79. The predicted octanol–water partition coefficient (Wildman–Crippen LogP) is 4.63. The molecule has 4 heteroatoms. The molecule has 1 heterocycles. The molecule has 0 radical (unpaired) electrons. The van der Waals surface area contributed by atoms with Crippen molar-refractivity contribution >= 4 is 29.5 Å². The Balaban J connectivity index is 0.00000361. The Hall–Kier alpha value is -0.380. The third-order valence-electron chi connectivity index (χ3n) is 3.46. The molecule has 0 fully saturated rings. The van der Waals surface area contributed by atoms with Crippen molar-refractivity contribution in [3.05, 3.63) is 21.9 Å². The molecule has 1 unspecified atom stereocenters. The summed E-state index contributed by atoms with van der Waals surface area (Å²) in [4.78, 5) is 16.9. The average Bonchev–Trinajstić information content (AvgIpc) is 2.83. The molecular weight excluding hydrogens is 290 g/mol. The van der Waals surface area contributed by atoms with Gasteiger partial charge in [0.15, 0.2) is 5.78 Å². The average molecular weight is 318 g/mol. The Kier molecular flexibility index (Phi) is 8.00. The number of thiophene rings is 1. The highest BCUT2D eigenvalue weighted by molar-refractivity contribution is 7.14. The van der Waals surface area contributed by atoms with Gasteiger partial charge in [-0.25, -0.2) is 0 Å². The first kappa shape index (κ1) is 19.6. The van der Waals surface area contributed by atoms with Crippen LogP contribution in [0.5, 0.6) is 0 Å². The number of ketones is 1. The Morgan fingerprint density at radius 2 is 1.80 bits per heavy atom. The van der Waals surface area contributed by atoms with Crippen molar-refractivity contribution in [2.75, 3.05) is 19.6 Å². The third kappa shape index (κ3) is 5.19. The molecule has 0 aliphatic heterocycles. The molecule has 2 nitrogen and oxygen atoms in total. The van der Waals surface area contributed by atoms with E-state index in [1.807, 2.05) is 13.0 Å². The molecule has 0 aliphatic rings. The summed E-state index contributed by atoms with van der Waals surface area (Å²) in [6.45, 7) is 15.8. The summed E-state index contributed by atoms with van der Waals surface area (Å²) in [5.41, 5.74) is 0.130. The molecule has 0 saturated heterocycles. The monoisotopic (exact) mass is 317 g/mol. The van der Waals surface area contributed by atoms with Gasteiger partial charge in [0.25, 0.3) is 0 Å². The summed E-state index contributed by atoms with van der Waals surface area (Å²) in [7, 11) is 0. The number of halogens is 1. The number of rotatable bonds is 6. The number of Topliss-reactive ketones (excluding diaryl/α,β-unsaturated/α-hetero) is 1. The highest BCUT2D eigenvalue weighted by Crippen LogP contribution is 2.30. The molecule has 0 aliphatic carbocycles. The fourth-order valence-electron chi connectivity index (χ4n) is 2.07. The predicted molar refractivity (Wildman–Crippen MR) is 91.5 cm³/mol. The van der Waals surface area contributed by atoms with Gasteiger partial charge in [0, 0.05) is 17.3 Å². The highest BCUT2D eigenvalue weighted by atomic mass is 35.5. The van der Waals surface area contributed by atoms with E-state index in [1.165, 1.54) is 4.88 Å². The number of carbonyl (C=O) groups is 1. The molecule has 1 aromatic rings. The van der Waals surface area contributed by atoms with Gasteiger partial charge in [-0.3, -0.25) is 4.79 Å². The maximum atomic E-state index is 12.4. The van der Waals surface area contributed by atoms with Gasteiger partial charge in [0.05, 0.1) is 4.88 Å². The van der Waals surface area contributed by atoms with Crippen LogP contribution in [0, 0.1) is 5.92 Å². The van der Waals surface area contributed by atoms with Crippen LogP contribution in [0.3, 0.4) is 0 Å². The fraction of sp³-hybridized carbons (Fsp3) is 0.688. The summed E-state index contributed by atoms with van der Waals surface area (Å²) in [6, 6.07) is 4.09. The zero-order chi connectivity index (χ0) is 14.6. The number of carbonyl (C=O) groups excluding carboxylic acids is 1. The Morgan fingerprint density at radius 1 is 1.25 bits per heavy atom. The third-order valence-corrected chi connectivity index (χ3v) is 4.99. The summed E-state index contributed by atoms with van der Waals surface area (Å²) >= 11 is 1.65. The molecule has 1 atom stereocenters. The Bertz CT molecular complexity index is 418. The second-order valence-electron chi connectivity index (χ2n) is 6.17. The lowest BCUT2D eigenvalue weighted by atomic mass is 9.95. The SMILES string of the molecule is CCN(CC)CC(C)C(=O)c1ccc(C(C)(C)C)s1.Cl. The molecule has 1 rings (SSSR count). The van der Waals surface area contributed by atoms with E-state index in [9.17, 15) is 4.79 Å². The van der Waals surface area contributed by atoms with E-state index in [-0.39, 0.29) is 29.5 Å². The largest absolute Gasteiger partial charge is 0.303 e. The van der Waals surface area contributed by atoms with Crippen molar-refractivity contribution in [3.8, 4) is 0 Å². The molecule has 1 aromatic heterocycles. The van der Waals surface area contributed by atoms with Gasteiger partial charge < -0.3 is 4.90 Å². The Labute approximate surface area is 134 Å². The second kappa shape index (κ2) is 8.16. The van der Waals surface area contributed by atoms with Crippen LogP contribution >= 0.6 is 23.7 Å². The highest BCUT2D eigenvalue weighted by Gasteiger charge is 2.22. The van der Waals surface area contributed by atoms with E-state index in [0.717, 1.165) is 24.5 Å². The fourth-order valence-corrected chi connectivity index (χ4v) is 3.19. The van der Waals surface area contributed by atoms with Gasteiger partial charge in [-0.05, 0) is 30.6 Å². The number of hydrogen-bond donors (Lipinski definition) is 0. The zero-order valence-corrected chi connectivity index (χ0v) is 15.2. The van der Waals surface area contributed by atoms with Crippen LogP contribution in [0.1, 0.15) is 56.1 Å². The molecule has 0 amide bonds. The summed E-state index contributed by atoms with van der Waals surface area (Å²) in [5, 5.41) is 0.